The summed E-state index contributed by atoms with van der Waals surface area (Å²) in [7, 11) is 0. The number of halogens is 2. The fourth-order valence-electron chi connectivity index (χ4n) is 5.88. The van der Waals surface area contributed by atoms with Crippen molar-refractivity contribution < 1.29 is 13.6 Å². The molecule has 1 fully saturated rings. The normalized spacial score (nSPS) is 17.3. The number of hydrogen-bond donors (Lipinski definition) is 0. The lowest BCUT2D eigenvalue weighted by molar-refractivity contribution is -0.127. The molecule has 1 aliphatic rings. The van der Waals surface area contributed by atoms with E-state index in [0.29, 0.717) is 30.2 Å². The molecule has 1 aliphatic heterocycles. The quantitative estimate of drug-likeness (QED) is 0.280. The zero-order valence-corrected chi connectivity index (χ0v) is 25.2. The van der Waals surface area contributed by atoms with Gasteiger partial charge in [-0.1, -0.05) is 46.4 Å². The van der Waals surface area contributed by atoms with Crippen molar-refractivity contribution in [1.29, 1.82) is 0 Å². The van der Waals surface area contributed by atoms with Crippen LogP contribution in [0.2, 0.25) is 0 Å². The van der Waals surface area contributed by atoms with E-state index in [0.717, 1.165) is 0 Å². The van der Waals surface area contributed by atoms with Gasteiger partial charge in [-0.3, -0.25) is 4.79 Å². The minimum atomic E-state index is -0.760. The maximum absolute atomic E-state index is 15.9. The Morgan fingerprint density at radius 2 is 1.58 bits per heavy atom. The van der Waals surface area contributed by atoms with Crippen LogP contribution in [0.25, 0.3) is 28.0 Å². The van der Waals surface area contributed by atoms with E-state index in [1.54, 1.807) is 11.0 Å². The highest BCUT2D eigenvalue weighted by molar-refractivity contribution is 5.91. The van der Waals surface area contributed by atoms with Gasteiger partial charge in [0.15, 0.2) is 5.65 Å². The number of hydrogen-bond acceptors (Lipinski definition) is 7. The fourth-order valence-corrected chi connectivity index (χ4v) is 5.88. The Bertz CT molecular complexity index is 1750. The number of amides is 1. The number of pyridine rings is 1. The lowest BCUT2D eigenvalue weighted by atomic mass is 10.0. The van der Waals surface area contributed by atoms with Crippen LogP contribution >= 0.6 is 0 Å². The van der Waals surface area contributed by atoms with Crippen LogP contribution in [-0.4, -0.2) is 60.5 Å². The van der Waals surface area contributed by atoms with E-state index in [-0.39, 0.29) is 57.9 Å². The van der Waals surface area contributed by atoms with E-state index in [4.69, 9.17) is 0 Å². The average Bonchev–Trinajstić information content (AvgIpc) is 2.96. The molecule has 0 saturated carbocycles. The number of fused-ring (bicyclic) bond motifs is 1. The molecule has 0 radical (unpaired) electrons. The molecular weight excluding hydrogens is 552 g/mol. The summed E-state index contributed by atoms with van der Waals surface area (Å²) in [6.07, 6.45) is 2.74. The van der Waals surface area contributed by atoms with Gasteiger partial charge in [0.25, 0.3) is 0 Å². The molecule has 11 heteroatoms. The molecular formula is C32H35F2N7O2. The number of carbonyl (C=O) groups excluding carboxylic acids is 1. The van der Waals surface area contributed by atoms with E-state index in [1.165, 1.54) is 41.2 Å². The van der Waals surface area contributed by atoms with Gasteiger partial charge in [0.05, 0.1) is 22.5 Å². The molecule has 1 aromatic carbocycles. The minimum absolute atomic E-state index is 0.0324. The Hall–Kier alpha value is -4.54. The topological polar surface area (TPSA) is 97.1 Å². The smallest absolute Gasteiger partial charge is 0.347 e. The Balaban J connectivity index is 1.87. The number of benzene rings is 1. The van der Waals surface area contributed by atoms with Crippen molar-refractivity contribution >= 4 is 22.8 Å². The predicted octanol–water partition coefficient (Wildman–Crippen LogP) is 5.37. The molecule has 1 saturated heterocycles. The van der Waals surface area contributed by atoms with Crippen molar-refractivity contribution in [2.45, 2.75) is 65.5 Å². The van der Waals surface area contributed by atoms with Gasteiger partial charge in [-0.2, -0.15) is 4.98 Å². The Labute approximate surface area is 248 Å². The molecule has 224 valence electrons. The monoisotopic (exact) mass is 587 g/mol. The zero-order chi connectivity index (χ0) is 31.2. The van der Waals surface area contributed by atoms with Crippen LogP contribution in [-0.2, 0) is 4.79 Å². The number of carbonyl (C=O) groups is 1. The lowest BCUT2D eigenvalue weighted by Gasteiger charge is -2.45. The summed E-state index contributed by atoms with van der Waals surface area (Å²) >= 11 is 0. The number of piperazine rings is 1. The largest absolute Gasteiger partial charge is 0.355 e. The van der Waals surface area contributed by atoms with Crippen molar-refractivity contribution in [3.8, 4) is 16.9 Å². The summed E-state index contributed by atoms with van der Waals surface area (Å²) in [6.45, 7) is 15.9. The van der Waals surface area contributed by atoms with Crippen molar-refractivity contribution in [2.24, 2.45) is 0 Å². The molecule has 3 aromatic heterocycles. The van der Waals surface area contributed by atoms with Crippen molar-refractivity contribution in [1.82, 2.24) is 29.4 Å². The van der Waals surface area contributed by atoms with Crippen LogP contribution in [0.1, 0.15) is 64.8 Å². The number of nitrogens with zero attached hydrogens (tertiary/aromatic N) is 7. The molecule has 1 amide bonds. The van der Waals surface area contributed by atoms with Crippen LogP contribution in [0.5, 0.6) is 0 Å². The first-order valence-corrected chi connectivity index (χ1v) is 14.4. The first kappa shape index (κ1) is 29.9. The summed E-state index contributed by atoms with van der Waals surface area (Å²) in [5.74, 6) is -1.55. The maximum atomic E-state index is 15.9. The summed E-state index contributed by atoms with van der Waals surface area (Å²) in [5.41, 5.74) is 0.841. The fraction of sp³-hybridized carbons (Fsp3) is 0.375. The second-order valence-corrected chi connectivity index (χ2v) is 11.6. The molecule has 2 atom stereocenters. The summed E-state index contributed by atoms with van der Waals surface area (Å²) in [6, 6.07) is 6.51. The van der Waals surface area contributed by atoms with Crippen molar-refractivity contribution in [3.63, 3.8) is 0 Å². The third kappa shape index (κ3) is 5.28. The van der Waals surface area contributed by atoms with Crippen LogP contribution in [0, 0.1) is 11.6 Å². The molecule has 4 aromatic rings. The highest BCUT2D eigenvalue weighted by Crippen LogP contribution is 2.35. The third-order valence-corrected chi connectivity index (χ3v) is 7.78. The van der Waals surface area contributed by atoms with E-state index in [1.807, 2.05) is 46.4 Å². The molecule has 0 N–H and O–H groups in total. The predicted molar refractivity (Wildman–Crippen MR) is 162 cm³/mol. The summed E-state index contributed by atoms with van der Waals surface area (Å²) in [5, 5.41) is 0.271. The molecule has 43 heavy (non-hydrogen) atoms. The van der Waals surface area contributed by atoms with Gasteiger partial charge in [0, 0.05) is 30.7 Å². The third-order valence-electron chi connectivity index (χ3n) is 7.78. The summed E-state index contributed by atoms with van der Waals surface area (Å²) < 4.78 is 32.2. The Kier molecular flexibility index (Phi) is 8.09. The van der Waals surface area contributed by atoms with Crippen molar-refractivity contribution in [2.75, 3.05) is 18.0 Å². The second kappa shape index (κ2) is 11.6. The number of rotatable bonds is 6. The van der Waals surface area contributed by atoms with E-state index in [9.17, 15) is 14.0 Å². The van der Waals surface area contributed by atoms with Crippen LogP contribution < -0.4 is 10.6 Å². The van der Waals surface area contributed by atoms with Gasteiger partial charge in [-0.15, -0.1) is 0 Å². The first-order valence-electron chi connectivity index (χ1n) is 14.4. The SMILES string of the molecule is C=CC(=O)N1C[C@@H](C)N(c2nc(=O)n(-c3c(C(C)C)ncnc3C(C)C)c3nc(-c4ccccc4F)c(F)cc23)[C@@H](C)C1. The summed E-state index contributed by atoms with van der Waals surface area (Å²) in [4.78, 5) is 48.4. The molecule has 9 nitrogen and oxygen atoms in total. The van der Waals surface area contributed by atoms with Gasteiger partial charge in [-0.25, -0.2) is 33.1 Å². The molecule has 0 aliphatic carbocycles. The molecule has 0 unspecified atom stereocenters. The Morgan fingerprint density at radius 1 is 0.977 bits per heavy atom. The van der Waals surface area contributed by atoms with Gasteiger partial charge < -0.3 is 9.80 Å². The van der Waals surface area contributed by atoms with E-state index in [2.05, 4.69) is 26.5 Å². The average molecular weight is 588 g/mol. The van der Waals surface area contributed by atoms with Crippen LogP contribution in [0.4, 0.5) is 14.6 Å². The van der Waals surface area contributed by atoms with Gasteiger partial charge >= 0.3 is 5.69 Å². The molecule has 5 rings (SSSR count). The Morgan fingerprint density at radius 3 is 2.14 bits per heavy atom. The van der Waals surface area contributed by atoms with Gasteiger partial charge in [0.1, 0.15) is 29.5 Å². The zero-order valence-electron chi connectivity index (χ0n) is 25.2. The lowest BCUT2D eigenvalue weighted by Crippen LogP contribution is -2.58. The van der Waals surface area contributed by atoms with Crippen LogP contribution in [0.3, 0.4) is 0 Å². The maximum Gasteiger partial charge on any atom is 0.355 e. The highest BCUT2D eigenvalue weighted by atomic mass is 19.1. The standard InChI is InChI=1S/C32H35F2N7O2/c1-8-25(42)39-14-19(6)40(20(7)15-39)31-22-13-24(34)28(21-11-9-10-12-23(21)33)37-30(22)41(32(43)38-31)29-26(17(2)3)35-16-36-27(29)18(4)5/h8-13,16-20H,1,14-15H2,2-7H3/t19-,20+. The first-order chi connectivity index (χ1) is 20.4. The van der Waals surface area contributed by atoms with Crippen LogP contribution in [0.15, 0.2) is 54.1 Å². The van der Waals surface area contributed by atoms with Gasteiger partial charge in [-0.05, 0) is 50.0 Å². The second-order valence-electron chi connectivity index (χ2n) is 11.6. The number of anilines is 1. The molecule has 0 bridgehead atoms. The minimum Gasteiger partial charge on any atom is -0.347 e. The van der Waals surface area contributed by atoms with Crippen molar-refractivity contribution in [3.05, 3.63) is 82.8 Å². The van der Waals surface area contributed by atoms with Gasteiger partial charge in [0.2, 0.25) is 5.91 Å². The molecule has 0 spiro atoms. The number of aromatic nitrogens is 5. The highest BCUT2D eigenvalue weighted by Gasteiger charge is 2.35. The van der Waals surface area contributed by atoms with E-state index >= 15 is 4.39 Å². The molecule has 4 heterocycles. The van der Waals surface area contributed by atoms with E-state index < -0.39 is 17.3 Å².